The van der Waals surface area contributed by atoms with Crippen LogP contribution in [0.4, 0.5) is 4.79 Å². The highest BCUT2D eigenvalue weighted by atomic mass is 16.6. The number of nitrogens with zero attached hydrogens (tertiary/aromatic N) is 2. The molecule has 0 saturated carbocycles. The third-order valence-corrected chi connectivity index (χ3v) is 4.69. The second kappa shape index (κ2) is 9.75. The van der Waals surface area contributed by atoms with Gasteiger partial charge in [-0.05, 0) is 52.5 Å². The summed E-state index contributed by atoms with van der Waals surface area (Å²) >= 11 is 0. The zero-order valence-electron chi connectivity index (χ0n) is 17.4. The van der Waals surface area contributed by atoms with E-state index in [1.165, 1.54) is 0 Å². The molecular weight excluding hydrogens is 360 g/mol. The third-order valence-electron chi connectivity index (χ3n) is 4.69. The van der Waals surface area contributed by atoms with Crippen molar-refractivity contribution < 1.29 is 23.9 Å². The number of likely N-dealkylation sites (tertiary alicyclic amines) is 1. The van der Waals surface area contributed by atoms with Crippen molar-refractivity contribution >= 4 is 18.0 Å². The first kappa shape index (κ1) is 22.0. The summed E-state index contributed by atoms with van der Waals surface area (Å²) in [5.74, 6) is -0.548. The molecule has 2 heterocycles. The van der Waals surface area contributed by atoms with Crippen LogP contribution >= 0.6 is 0 Å². The van der Waals surface area contributed by atoms with Gasteiger partial charge in [0.1, 0.15) is 5.60 Å². The lowest BCUT2D eigenvalue weighted by Gasteiger charge is -2.31. The van der Waals surface area contributed by atoms with Crippen LogP contribution in [0.1, 0.15) is 47.0 Å². The van der Waals surface area contributed by atoms with Gasteiger partial charge in [-0.3, -0.25) is 9.59 Å². The topological polar surface area (TPSA) is 76.2 Å². The van der Waals surface area contributed by atoms with E-state index in [0.717, 1.165) is 18.4 Å². The molecular formula is C21H32N2O5. The normalized spacial score (nSPS) is 20.7. The van der Waals surface area contributed by atoms with Crippen molar-refractivity contribution in [3.05, 3.63) is 23.8 Å². The average Bonchev–Trinajstić information content (AvgIpc) is 2.65. The number of piperidine rings is 1. The maximum Gasteiger partial charge on any atom is 0.410 e. The number of rotatable bonds is 4. The molecule has 0 aromatic rings. The lowest BCUT2D eigenvalue weighted by Crippen LogP contribution is -2.42. The predicted molar refractivity (Wildman–Crippen MR) is 106 cm³/mol. The van der Waals surface area contributed by atoms with Gasteiger partial charge in [0.05, 0.1) is 12.5 Å². The highest BCUT2D eigenvalue weighted by Crippen LogP contribution is 2.19. The first-order chi connectivity index (χ1) is 13.2. The minimum absolute atomic E-state index is 0.0931. The number of amides is 2. The molecule has 1 atom stereocenters. The molecule has 0 radical (unpaired) electrons. The van der Waals surface area contributed by atoms with Crippen molar-refractivity contribution in [1.29, 1.82) is 0 Å². The molecule has 0 aliphatic carbocycles. The molecule has 156 valence electrons. The number of carbonyl (C=O) groups is 3. The highest BCUT2D eigenvalue weighted by Gasteiger charge is 2.28. The molecule has 0 aromatic heterocycles. The van der Waals surface area contributed by atoms with Gasteiger partial charge in [-0.25, -0.2) is 4.79 Å². The Hall–Kier alpha value is -2.31. The van der Waals surface area contributed by atoms with Gasteiger partial charge in [-0.1, -0.05) is 12.2 Å². The molecule has 0 unspecified atom stereocenters. The van der Waals surface area contributed by atoms with Crippen LogP contribution in [0.15, 0.2) is 23.8 Å². The predicted octanol–water partition coefficient (Wildman–Crippen LogP) is 2.91. The zero-order chi connectivity index (χ0) is 20.7. The second-order valence-electron chi connectivity index (χ2n) is 8.16. The van der Waals surface area contributed by atoms with Crippen LogP contribution in [0.2, 0.25) is 0 Å². The smallest absolute Gasteiger partial charge is 0.410 e. The number of esters is 1. The summed E-state index contributed by atoms with van der Waals surface area (Å²) in [5, 5.41) is 0. The summed E-state index contributed by atoms with van der Waals surface area (Å²) in [7, 11) is 0. The summed E-state index contributed by atoms with van der Waals surface area (Å²) in [4.78, 5) is 39.8. The molecule has 1 saturated heterocycles. The van der Waals surface area contributed by atoms with Crippen LogP contribution in [0.5, 0.6) is 0 Å². The highest BCUT2D eigenvalue weighted by molar-refractivity contribution is 5.88. The van der Waals surface area contributed by atoms with E-state index in [1.54, 1.807) is 22.8 Å². The number of hydrogen-bond donors (Lipinski definition) is 0. The van der Waals surface area contributed by atoms with E-state index in [0.29, 0.717) is 39.2 Å². The molecule has 28 heavy (non-hydrogen) atoms. The van der Waals surface area contributed by atoms with Crippen LogP contribution in [0.25, 0.3) is 0 Å². The van der Waals surface area contributed by atoms with Crippen molar-refractivity contribution in [1.82, 2.24) is 9.80 Å². The van der Waals surface area contributed by atoms with Crippen molar-refractivity contribution in [2.75, 3.05) is 32.8 Å². The monoisotopic (exact) mass is 392 g/mol. The minimum Gasteiger partial charge on any atom is -0.466 e. The first-order valence-corrected chi connectivity index (χ1v) is 10.00. The van der Waals surface area contributed by atoms with Gasteiger partial charge >= 0.3 is 12.1 Å². The van der Waals surface area contributed by atoms with E-state index in [9.17, 15) is 14.4 Å². The van der Waals surface area contributed by atoms with Crippen LogP contribution in [0.3, 0.4) is 0 Å². The molecule has 7 heteroatoms. The van der Waals surface area contributed by atoms with E-state index < -0.39 is 5.60 Å². The second-order valence-corrected chi connectivity index (χ2v) is 8.16. The Balaban J connectivity index is 1.85. The van der Waals surface area contributed by atoms with Gasteiger partial charge in [0.2, 0.25) is 5.91 Å². The number of allylic oxidation sites excluding steroid dienone is 1. The van der Waals surface area contributed by atoms with Crippen LogP contribution in [-0.2, 0) is 19.1 Å². The molecule has 7 nitrogen and oxygen atoms in total. The Bertz CT molecular complexity index is 648. The average molecular weight is 392 g/mol. The van der Waals surface area contributed by atoms with Gasteiger partial charge in [-0.15, -0.1) is 0 Å². The molecule has 0 aromatic carbocycles. The fourth-order valence-corrected chi connectivity index (χ4v) is 3.24. The Morgan fingerprint density at radius 1 is 1.21 bits per heavy atom. The maximum absolute atomic E-state index is 12.5. The lowest BCUT2D eigenvalue weighted by molar-refractivity contribution is -0.150. The first-order valence-electron chi connectivity index (χ1n) is 10.00. The van der Waals surface area contributed by atoms with Crippen LogP contribution in [-0.4, -0.2) is 66.2 Å². The molecule has 0 bridgehead atoms. The Labute approximate surface area is 167 Å². The summed E-state index contributed by atoms with van der Waals surface area (Å²) < 4.78 is 10.5. The van der Waals surface area contributed by atoms with E-state index in [-0.39, 0.29) is 23.9 Å². The van der Waals surface area contributed by atoms with Gasteiger partial charge < -0.3 is 19.3 Å². The maximum atomic E-state index is 12.5. The molecule has 0 spiro atoms. The van der Waals surface area contributed by atoms with Gasteiger partial charge in [-0.2, -0.15) is 0 Å². The van der Waals surface area contributed by atoms with Gasteiger partial charge in [0, 0.05) is 32.3 Å². The molecule has 0 N–H and O–H groups in total. The summed E-state index contributed by atoms with van der Waals surface area (Å²) in [6, 6.07) is 0. The van der Waals surface area contributed by atoms with E-state index in [2.05, 4.69) is 0 Å². The Morgan fingerprint density at radius 3 is 2.57 bits per heavy atom. The minimum atomic E-state index is -0.511. The van der Waals surface area contributed by atoms with E-state index >= 15 is 0 Å². The quantitative estimate of drug-likeness (QED) is 0.543. The third kappa shape index (κ3) is 6.69. The number of carbonyl (C=O) groups excluding carboxylic acids is 3. The van der Waals surface area contributed by atoms with E-state index in [4.69, 9.17) is 9.47 Å². The van der Waals surface area contributed by atoms with Gasteiger partial charge in [0.15, 0.2) is 0 Å². The fourth-order valence-electron chi connectivity index (χ4n) is 3.24. The fraction of sp³-hybridized carbons (Fsp3) is 0.667. The summed E-state index contributed by atoms with van der Waals surface area (Å²) in [6.45, 7) is 9.78. The van der Waals surface area contributed by atoms with Gasteiger partial charge in [0.25, 0.3) is 0 Å². The Kier molecular flexibility index (Phi) is 7.66. The molecule has 2 rings (SSSR count). The number of hydrogen-bond acceptors (Lipinski definition) is 5. The summed E-state index contributed by atoms with van der Waals surface area (Å²) in [5.41, 5.74) is 0.510. The largest absolute Gasteiger partial charge is 0.466 e. The molecule has 2 amide bonds. The standard InChI is InChI=1S/C21H32N2O5/c1-5-27-19(25)17-7-6-12-23(15-17)18(24)9-8-16-10-13-22(14-11-16)20(26)28-21(2,3)4/h8-10,17H,5-7,11-15H2,1-4H3/b9-8+/t17-/m1/s1. The van der Waals surface area contributed by atoms with E-state index in [1.807, 2.05) is 32.9 Å². The SMILES string of the molecule is CCOC(=O)[C@@H]1CCCN(C(=O)/C=C/C2=CCN(C(=O)OC(C)(C)C)CC2)C1. The van der Waals surface area contributed by atoms with Crippen molar-refractivity contribution in [2.45, 2.75) is 52.6 Å². The van der Waals surface area contributed by atoms with Crippen molar-refractivity contribution in [3.63, 3.8) is 0 Å². The number of ether oxygens (including phenoxy) is 2. The molecule has 2 aliphatic rings. The summed E-state index contributed by atoms with van der Waals surface area (Å²) in [6.07, 6.45) is 7.23. The lowest BCUT2D eigenvalue weighted by atomic mass is 9.98. The van der Waals surface area contributed by atoms with Crippen molar-refractivity contribution in [3.8, 4) is 0 Å². The molecule has 1 fully saturated rings. The zero-order valence-corrected chi connectivity index (χ0v) is 17.4. The molecule has 2 aliphatic heterocycles. The van der Waals surface area contributed by atoms with Crippen molar-refractivity contribution in [2.24, 2.45) is 5.92 Å². The van der Waals surface area contributed by atoms with Crippen LogP contribution in [0, 0.1) is 5.92 Å². The van der Waals surface area contributed by atoms with Crippen LogP contribution < -0.4 is 0 Å². The Morgan fingerprint density at radius 2 is 1.96 bits per heavy atom.